The Hall–Kier alpha value is -3.02. The number of benzene rings is 2. The van der Waals surface area contributed by atoms with Crippen molar-refractivity contribution in [1.29, 1.82) is 0 Å². The van der Waals surface area contributed by atoms with Crippen LogP contribution in [0.1, 0.15) is 28.4 Å². The third-order valence-electron chi connectivity index (χ3n) is 4.90. The molecule has 0 saturated heterocycles. The van der Waals surface area contributed by atoms with Crippen LogP contribution in [-0.2, 0) is 4.79 Å². The highest BCUT2D eigenvalue weighted by molar-refractivity contribution is 5.96. The predicted octanol–water partition coefficient (Wildman–Crippen LogP) is 2.72. The third kappa shape index (κ3) is 4.63. The number of ether oxygens (including phenoxy) is 2. The smallest absolute Gasteiger partial charge is 0.251 e. The molecule has 0 spiro atoms. The summed E-state index contributed by atoms with van der Waals surface area (Å²) in [4.78, 5) is 26.6. The van der Waals surface area contributed by atoms with Gasteiger partial charge < -0.3 is 19.7 Å². The van der Waals surface area contributed by atoms with Gasteiger partial charge in [0.1, 0.15) is 6.61 Å². The van der Waals surface area contributed by atoms with Crippen LogP contribution in [0.15, 0.2) is 42.5 Å². The van der Waals surface area contributed by atoms with E-state index in [0.29, 0.717) is 36.8 Å². The van der Waals surface area contributed by atoms with Crippen LogP contribution in [-0.4, -0.2) is 49.1 Å². The Labute approximate surface area is 165 Å². The van der Waals surface area contributed by atoms with Gasteiger partial charge in [-0.25, -0.2) is 0 Å². The molecule has 1 atom stereocenters. The van der Waals surface area contributed by atoms with Crippen LogP contribution < -0.4 is 14.8 Å². The first kappa shape index (κ1) is 19.7. The Morgan fingerprint density at radius 2 is 1.86 bits per heavy atom. The summed E-state index contributed by atoms with van der Waals surface area (Å²) < 4.78 is 11.6. The summed E-state index contributed by atoms with van der Waals surface area (Å²) >= 11 is 0. The van der Waals surface area contributed by atoms with Gasteiger partial charge in [-0.2, -0.15) is 0 Å². The van der Waals surface area contributed by atoms with E-state index in [1.807, 2.05) is 57.2 Å². The maximum Gasteiger partial charge on any atom is 0.251 e. The summed E-state index contributed by atoms with van der Waals surface area (Å²) in [6.45, 7) is 7.12. The van der Waals surface area contributed by atoms with Gasteiger partial charge in [-0.15, -0.1) is 0 Å². The van der Waals surface area contributed by atoms with Crippen LogP contribution in [0.3, 0.4) is 0 Å². The standard InChI is InChI=1S/C22H26N2O4/c1-4-24(13-18-14-27-19-7-5-6-8-20(19)28-18)21(25)12-23-22(26)17-10-9-15(2)16(3)11-17/h5-11,18H,4,12-14H2,1-3H3,(H,23,26). The fourth-order valence-corrected chi connectivity index (χ4v) is 3.06. The molecule has 0 bridgehead atoms. The lowest BCUT2D eigenvalue weighted by atomic mass is 10.1. The first-order chi connectivity index (χ1) is 13.5. The zero-order chi connectivity index (χ0) is 20.1. The van der Waals surface area contributed by atoms with Gasteiger partial charge in [0, 0.05) is 12.1 Å². The predicted molar refractivity (Wildman–Crippen MR) is 107 cm³/mol. The van der Waals surface area contributed by atoms with Gasteiger partial charge in [0.15, 0.2) is 17.6 Å². The second-order valence-corrected chi connectivity index (χ2v) is 6.91. The number of hydrogen-bond acceptors (Lipinski definition) is 4. The molecule has 148 valence electrons. The number of rotatable bonds is 6. The number of para-hydroxylation sites is 2. The van der Waals surface area contributed by atoms with Crippen molar-refractivity contribution >= 4 is 11.8 Å². The van der Waals surface area contributed by atoms with E-state index in [2.05, 4.69) is 5.32 Å². The summed E-state index contributed by atoms with van der Waals surface area (Å²) in [6.07, 6.45) is -0.241. The number of carbonyl (C=O) groups excluding carboxylic acids is 2. The summed E-state index contributed by atoms with van der Waals surface area (Å²) in [5.74, 6) is 1.000. The van der Waals surface area contributed by atoms with E-state index in [1.54, 1.807) is 11.0 Å². The summed E-state index contributed by atoms with van der Waals surface area (Å²) in [5, 5.41) is 2.71. The minimum Gasteiger partial charge on any atom is -0.486 e. The lowest BCUT2D eigenvalue weighted by Gasteiger charge is -2.31. The second-order valence-electron chi connectivity index (χ2n) is 6.91. The fourth-order valence-electron chi connectivity index (χ4n) is 3.06. The average Bonchev–Trinajstić information content (AvgIpc) is 2.71. The molecule has 6 nitrogen and oxygen atoms in total. The molecule has 1 aliphatic rings. The van der Waals surface area contributed by atoms with Gasteiger partial charge in [-0.05, 0) is 56.2 Å². The second kappa shape index (κ2) is 8.78. The van der Waals surface area contributed by atoms with Gasteiger partial charge in [0.2, 0.25) is 5.91 Å². The SMILES string of the molecule is CCN(CC1COc2ccccc2O1)C(=O)CNC(=O)c1ccc(C)c(C)c1. The van der Waals surface area contributed by atoms with E-state index in [0.717, 1.165) is 11.1 Å². The molecule has 0 radical (unpaired) electrons. The number of carbonyl (C=O) groups is 2. The quantitative estimate of drug-likeness (QED) is 0.834. The topological polar surface area (TPSA) is 67.9 Å². The van der Waals surface area contributed by atoms with Crippen molar-refractivity contribution in [2.24, 2.45) is 0 Å². The molecule has 0 aromatic heterocycles. The summed E-state index contributed by atoms with van der Waals surface area (Å²) in [6, 6.07) is 13.0. The molecule has 28 heavy (non-hydrogen) atoms. The van der Waals surface area contributed by atoms with Gasteiger partial charge in [0.25, 0.3) is 5.91 Å². The molecule has 1 aliphatic heterocycles. The number of aryl methyl sites for hydroxylation is 2. The molecule has 0 aliphatic carbocycles. The minimum atomic E-state index is -0.251. The fraction of sp³-hybridized carbons (Fsp3) is 0.364. The normalized spacial score (nSPS) is 15.0. The molecule has 0 saturated carbocycles. The van der Waals surface area contributed by atoms with Crippen LogP contribution in [0.25, 0.3) is 0 Å². The Balaban J connectivity index is 1.53. The number of nitrogens with zero attached hydrogens (tertiary/aromatic N) is 1. The maximum absolute atomic E-state index is 12.6. The van der Waals surface area contributed by atoms with E-state index in [9.17, 15) is 9.59 Å². The summed E-state index contributed by atoms with van der Waals surface area (Å²) in [5.41, 5.74) is 2.73. The van der Waals surface area contributed by atoms with E-state index in [-0.39, 0.29) is 24.5 Å². The number of nitrogens with one attached hydrogen (secondary N) is 1. The van der Waals surface area contributed by atoms with E-state index < -0.39 is 0 Å². The molecule has 2 amide bonds. The average molecular weight is 382 g/mol. The highest BCUT2D eigenvalue weighted by atomic mass is 16.6. The van der Waals surface area contributed by atoms with Crippen molar-refractivity contribution in [3.63, 3.8) is 0 Å². The molecule has 3 rings (SSSR count). The van der Waals surface area contributed by atoms with Crippen LogP contribution in [0, 0.1) is 13.8 Å². The maximum atomic E-state index is 12.6. The Kier molecular flexibility index (Phi) is 6.19. The van der Waals surface area contributed by atoms with Crippen LogP contribution in [0.4, 0.5) is 0 Å². The monoisotopic (exact) mass is 382 g/mol. The third-order valence-corrected chi connectivity index (χ3v) is 4.90. The number of fused-ring (bicyclic) bond motifs is 1. The molecule has 1 heterocycles. The van der Waals surface area contributed by atoms with Gasteiger partial charge in [-0.1, -0.05) is 18.2 Å². The molecule has 1 unspecified atom stereocenters. The van der Waals surface area contributed by atoms with Crippen molar-refractivity contribution in [2.45, 2.75) is 26.9 Å². The Bertz CT molecular complexity index is 865. The van der Waals surface area contributed by atoms with Crippen molar-refractivity contribution in [1.82, 2.24) is 10.2 Å². The van der Waals surface area contributed by atoms with E-state index >= 15 is 0 Å². The number of likely N-dealkylation sites (N-methyl/N-ethyl adjacent to an activating group) is 1. The molecule has 2 aromatic carbocycles. The molecule has 1 N–H and O–H groups in total. The van der Waals surface area contributed by atoms with Gasteiger partial charge in [-0.3, -0.25) is 9.59 Å². The highest BCUT2D eigenvalue weighted by Crippen LogP contribution is 2.31. The zero-order valence-electron chi connectivity index (χ0n) is 16.5. The first-order valence-corrected chi connectivity index (χ1v) is 9.49. The van der Waals surface area contributed by atoms with Crippen LogP contribution in [0.5, 0.6) is 11.5 Å². The van der Waals surface area contributed by atoms with Crippen molar-refractivity contribution in [2.75, 3.05) is 26.2 Å². The van der Waals surface area contributed by atoms with E-state index in [4.69, 9.17) is 9.47 Å². The Morgan fingerprint density at radius 1 is 1.11 bits per heavy atom. The molecular weight excluding hydrogens is 356 g/mol. The van der Waals surface area contributed by atoms with E-state index in [1.165, 1.54) is 0 Å². The van der Waals surface area contributed by atoms with Crippen LogP contribution in [0.2, 0.25) is 0 Å². The molecule has 2 aromatic rings. The van der Waals surface area contributed by atoms with Crippen LogP contribution >= 0.6 is 0 Å². The lowest BCUT2D eigenvalue weighted by Crippen LogP contribution is -2.46. The number of hydrogen-bond donors (Lipinski definition) is 1. The highest BCUT2D eigenvalue weighted by Gasteiger charge is 2.25. The van der Waals surface area contributed by atoms with Crippen molar-refractivity contribution in [3.05, 3.63) is 59.2 Å². The van der Waals surface area contributed by atoms with Crippen molar-refractivity contribution in [3.8, 4) is 11.5 Å². The molecule has 0 fully saturated rings. The minimum absolute atomic E-state index is 0.0518. The molecular formula is C22H26N2O4. The number of amides is 2. The lowest BCUT2D eigenvalue weighted by molar-refractivity contribution is -0.131. The first-order valence-electron chi connectivity index (χ1n) is 9.49. The van der Waals surface area contributed by atoms with Crippen molar-refractivity contribution < 1.29 is 19.1 Å². The Morgan fingerprint density at radius 3 is 2.57 bits per heavy atom. The van der Waals surface area contributed by atoms with Gasteiger partial charge in [0.05, 0.1) is 13.1 Å². The molecule has 6 heteroatoms. The summed E-state index contributed by atoms with van der Waals surface area (Å²) in [7, 11) is 0. The zero-order valence-corrected chi connectivity index (χ0v) is 16.5. The largest absolute Gasteiger partial charge is 0.486 e. The van der Waals surface area contributed by atoms with Gasteiger partial charge >= 0.3 is 0 Å².